The molecule has 0 saturated heterocycles. The van der Waals surface area contributed by atoms with Gasteiger partial charge in [0.05, 0.1) is 0 Å². The number of rotatable bonds is 2. The smallest absolute Gasteiger partial charge is 0.329 e. The summed E-state index contributed by atoms with van der Waals surface area (Å²) in [6.07, 6.45) is 0. The fourth-order valence-electron chi connectivity index (χ4n) is 0.123. The minimum Gasteiger partial charge on any atom is -0.480 e. The van der Waals surface area contributed by atoms with Crippen LogP contribution in [0.2, 0.25) is 0 Å². The molecule has 4 heteroatoms. The Hall–Kier alpha value is -0.140. The normalized spacial score (nSPS) is 7.00. The van der Waals surface area contributed by atoms with Crippen LogP contribution in [0.5, 0.6) is 0 Å². The summed E-state index contributed by atoms with van der Waals surface area (Å²) in [4.78, 5) is 9.47. The molecule has 0 bridgehead atoms. The molecule has 44 valence electrons. The van der Waals surface area contributed by atoms with Crippen molar-refractivity contribution in [1.82, 2.24) is 0 Å². The molecule has 0 spiro atoms. The average Bonchev–Trinajstić information content (AvgIpc) is 1.35. The van der Waals surface area contributed by atoms with Crippen molar-refractivity contribution in [2.75, 3.05) is 13.7 Å². The van der Waals surface area contributed by atoms with E-state index in [1.54, 1.807) is 0 Å². The second-order valence-corrected chi connectivity index (χ2v) is 0.827. The summed E-state index contributed by atoms with van der Waals surface area (Å²) >= 11 is 0. The maximum absolute atomic E-state index is 9.47. The van der Waals surface area contributed by atoms with Gasteiger partial charge in [-0.1, -0.05) is 0 Å². The van der Waals surface area contributed by atoms with E-state index in [0.717, 1.165) is 0 Å². The number of hydrogen-bond acceptors (Lipinski definition) is 2. The van der Waals surface area contributed by atoms with E-state index in [2.05, 4.69) is 4.74 Å². The molecule has 0 radical (unpaired) electrons. The predicted octanol–water partition coefficient (Wildman–Crippen LogP) is -0.224. The fraction of sp³-hybridized carbons (Fsp3) is 0.667. The lowest BCUT2D eigenvalue weighted by Crippen LogP contribution is -2.02. The molecule has 0 aliphatic carbocycles. The van der Waals surface area contributed by atoms with Crippen LogP contribution in [0, 0.1) is 0 Å². The van der Waals surface area contributed by atoms with Crippen LogP contribution in [-0.2, 0) is 9.53 Å². The number of carboxylic acids is 1. The molecule has 0 aromatic heterocycles. The fourth-order valence-corrected chi connectivity index (χ4v) is 0.123. The number of aliphatic carboxylic acids is 1. The Kier molecular flexibility index (Phi) is 8.35. The second-order valence-electron chi connectivity index (χ2n) is 0.827. The van der Waals surface area contributed by atoms with E-state index in [1.807, 2.05) is 0 Å². The Bertz CT molecular complexity index is 54.1. The van der Waals surface area contributed by atoms with E-state index in [9.17, 15) is 4.79 Å². The van der Waals surface area contributed by atoms with E-state index < -0.39 is 5.97 Å². The van der Waals surface area contributed by atoms with Gasteiger partial charge in [-0.05, 0) is 0 Å². The third kappa shape index (κ3) is 10.7. The highest BCUT2D eigenvalue weighted by molar-refractivity contribution is 6.92. The number of carboxylic acid groups (broad SMARTS) is 1. The van der Waals surface area contributed by atoms with Crippen LogP contribution in [0.1, 0.15) is 0 Å². The zero-order valence-electron chi connectivity index (χ0n) is 4.18. The molecule has 1 N–H and O–H groups in total. The van der Waals surface area contributed by atoms with Crippen LogP contribution >= 0.6 is 9.90 Å². The summed E-state index contributed by atoms with van der Waals surface area (Å²) < 4.78 is 4.20. The first-order valence-electron chi connectivity index (χ1n) is 1.48. The maximum atomic E-state index is 9.47. The van der Waals surface area contributed by atoms with Crippen molar-refractivity contribution in [2.24, 2.45) is 0 Å². The third-order valence-corrected chi connectivity index (χ3v) is 0.268. The molecule has 3 nitrogen and oxygen atoms in total. The molecular weight excluding hydrogens is 115 g/mol. The molecule has 0 amide bonds. The predicted molar refractivity (Wildman–Crippen MR) is 30.6 cm³/mol. The number of methoxy groups -OCH3 is 1. The van der Waals surface area contributed by atoms with Gasteiger partial charge >= 0.3 is 5.97 Å². The van der Waals surface area contributed by atoms with Crippen molar-refractivity contribution < 1.29 is 14.6 Å². The second kappa shape index (κ2) is 5.86. The molecule has 0 heterocycles. The Labute approximate surface area is 45.3 Å². The standard InChI is InChI=1S/C3H6O3.H3P/c1-6-2-3(4)5;/h2H2,1H3,(H,4,5);1H3. The summed E-state index contributed by atoms with van der Waals surface area (Å²) in [6, 6.07) is 0. The highest BCUT2D eigenvalue weighted by Gasteiger charge is 1.87. The van der Waals surface area contributed by atoms with Crippen LogP contribution in [0.15, 0.2) is 0 Å². The van der Waals surface area contributed by atoms with Crippen LogP contribution < -0.4 is 0 Å². The van der Waals surface area contributed by atoms with Crippen molar-refractivity contribution in [2.45, 2.75) is 0 Å². The average molecular weight is 124 g/mol. The topological polar surface area (TPSA) is 46.5 Å². The number of carbonyl (C=O) groups is 1. The molecule has 1 unspecified atom stereocenters. The van der Waals surface area contributed by atoms with Gasteiger partial charge in [-0.3, -0.25) is 0 Å². The van der Waals surface area contributed by atoms with Gasteiger partial charge in [0.25, 0.3) is 0 Å². The van der Waals surface area contributed by atoms with Crippen molar-refractivity contribution in [3.8, 4) is 0 Å². The van der Waals surface area contributed by atoms with Crippen LogP contribution in [0.4, 0.5) is 0 Å². The van der Waals surface area contributed by atoms with Gasteiger partial charge in [0, 0.05) is 7.11 Å². The first-order valence-corrected chi connectivity index (χ1v) is 1.48. The molecule has 7 heavy (non-hydrogen) atoms. The molecular formula is C3H9O3P. The van der Waals surface area contributed by atoms with E-state index in [1.165, 1.54) is 7.11 Å². The van der Waals surface area contributed by atoms with Gasteiger partial charge < -0.3 is 9.84 Å². The Balaban J connectivity index is 0. The van der Waals surface area contributed by atoms with Crippen LogP contribution in [-0.4, -0.2) is 24.8 Å². The van der Waals surface area contributed by atoms with Gasteiger partial charge in [-0.25, -0.2) is 4.79 Å². The molecule has 0 aliphatic heterocycles. The summed E-state index contributed by atoms with van der Waals surface area (Å²) in [5.74, 6) is -0.933. The lowest BCUT2D eigenvalue weighted by molar-refractivity contribution is -0.141. The monoisotopic (exact) mass is 124 g/mol. The first-order chi connectivity index (χ1) is 2.77. The first kappa shape index (κ1) is 9.97. The van der Waals surface area contributed by atoms with Gasteiger partial charge in [0.2, 0.25) is 0 Å². The Morgan fingerprint density at radius 3 is 2.29 bits per heavy atom. The van der Waals surface area contributed by atoms with Gasteiger partial charge in [-0.2, -0.15) is 9.90 Å². The maximum Gasteiger partial charge on any atom is 0.329 e. The lowest BCUT2D eigenvalue weighted by atomic mass is 10.8. The lowest BCUT2D eigenvalue weighted by Gasteiger charge is -1.83. The third-order valence-electron chi connectivity index (χ3n) is 0.268. The molecule has 0 aromatic rings. The molecule has 0 rings (SSSR count). The van der Waals surface area contributed by atoms with Crippen molar-refractivity contribution in [1.29, 1.82) is 0 Å². The van der Waals surface area contributed by atoms with E-state index in [-0.39, 0.29) is 16.5 Å². The summed E-state index contributed by atoms with van der Waals surface area (Å²) in [5, 5.41) is 7.79. The molecule has 0 saturated carbocycles. The SMILES string of the molecule is COCC(=O)O.P. The van der Waals surface area contributed by atoms with E-state index in [0.29, 0.717) is 0 Å². The summed E-state index contributed by atoms with van der Waals surface area (Å²) in [7, 11) is 1.34. The van der Waals surface area contributed by atoms with Crippen molar-refractivity contribution in [3.05, 3.63) is 0 Å². The Morgan fingerprint density at radius 1 is 1.86 bits per heavy atom. The van der Waals surface area contributed by atoms with E-state index in [4.69, 9.17) is 5.11 Å². The van der Waals surface area contributed by atoms with Crippen molar-refractivity contribution >= 4 is 15.9 Å². The number of hydrogen-bond donors (Lipinski definition) is 1. The Morgan fingerprint density at radius 2 is 2.29 bits per heavy atom. The quantitative estimate of drug-likeness (QED) is 0.517. The zero-order chi connectivity index (χ0) is 4.99. The summed E-state index contributed by atoms with van der Waals surface area (Å²) in [6.45, 7) is -0.208. The largest absolute Gasteiger partial charge is 0.480 e. The van der Waals surface area contributed by atoms with Gasteiger partial charge in [0.15, 0.2) is 0 Å². The van der Waals surface area contributed by atoms with Crippen molar-refractivity contribution in [3.63, 3.8) is 0 Å². The minimum atomic E-state index is -0.933. The zero-order valence-corrected chi connectivity index (χ0v) is 5.59. The molecule has 1 atom stereocenters. The summed E-state index contributed by atoms with van der Waals surface area (Å²) in [5.41, 5.74) is 0. The van der Waals surface area contributed by atoms with Crippen LogP contribution in [0.25, 0.3) is 0 Å². The van der Waals surface area contributed by atoms with E-state index >= 15 is 0 Å². The van der Waals surface area contributed by atoms with Gasteiger partial charge in [-0.15, -0.1) is 0 Å². The minimum absolute atomic E-state index is 0. The van der Waals surface area contributed by atoms with Gasteiger partial charge in [0.1, 0.15) is 6.61 Å². The molecule has 0 fully saturated rings. The highest BCUT2D eigenvalue weighted by atomic mass is 31.0. The van der Waals surface area contributed by atoms with Crippen LogP contribution in [0.3, 0.4) is 0 Å². The molecule has 0 aliphatic rings. The number of ether oxygens (including phenoxy) is 1. The highest BCUT2D eigenvalue weighted by Crippen LogP contribution is 1.61. The molecule has 0 aromatic carbocycles.